The highest BCUT2D eigenvalue weighted by Crippen LogP contribution is 2.24. The highest BCUT2D eigenvalue weighted by molar-refractivity contribution is 6.31. The first kappa shape index (κ1) is 21.3. The Morgan fingerprint density at radius 2 is 1.77 bits per heavy atom. The number of hydrogen-bond acceptors (Lipinski definition) is 2. The fourth-order valence-corrected chi connectivity index (χ4v) is 3.06. The first-order chi connectivity index (χ1) is 14.6. The topological polar surface area (TPSA) is 29.5 Å². The average Bonchev–Trinajstić information content (AvgIpc) is 2.78. The van der Waals surface area contributed by atoms with Gasteiger partial charge in [0.15, 0.2) is 0 Å². The van der Waals surface area contributed by atoms with Crippen molar-refractivity contribution in [3.05, 3.63) is 107 Å². The number of amides is 1. The largest absolute Gasteiger partial charge is 0.496 e. The lowest BCUT2D eigenvalue weighted by Crippen LogP contribution is -2.29. The molecule has 0 atom stereocenters. The number of halogens is 2. The first-order valence-electron chi connectivity index (χ1n) is 9.37. The summed E-state index contributed by atoms with van der Waals surface area (Å²) in [7, 11) is 1.61. The van der Waals surface area contributed by atoms with Gasteiger partial charge in [-0.1, -0.05) is 72.3 Å². The molecule has 30 heavy (non-hydrogen) atoms. The van der Waals surface area contributed by atoms with E-state index in [1.807, 2.05) is 66.7 Å². The van der Waals surface area contributed by atoms with Gasteiger partial charge in [0.25, 0.3) is 5.91 Å². The van der Waals surface area contributed by atoms with Crippen LogP contribution in [0.5, 0.6) is 5.75 Å². The second kappa shape index (κ2) is 10.4. The maximum atomic E-state index is 13.6. The van der Waals surface area contributed by atoms with Crippen LogP contribution in [0.4, 0.5) is 10.1 Å². The Bertz CT molecular complexity index is 1060. The Kier molecular flexibility index (Phi) is 7.41. The third-order valence-corrected chi connectivity index (χ3v) is 4.71. The van der Waals surface area contributed by atoms with Crippen molar-refractivity contribution < 1.29 is 13.9 Å². The van der Waals surface area contributed by atoms with Gasteiger partial charge in [-0.3, -0.25) is 4.79 Å². The van der Waals surface area contributed by atoms with Crippen LogP contribution in [0.15, 0.2) is 84.9 Å². The van der Waals surface area contributed by atoms with Crippen LogP contribution in [-0.4, -0.2) is 19.6 Å². The summed E-state index contributed by atoms with van der Waals surface area (Å²) in [6, 6.07) is 21.3. The van der Waals surface area contributed by atoms with Gasteiger partial charge in [-0.25, -0.2) is 4.39 Å². The summed E-state index contributed by atoms with van der Waals surface area (Å²) in [4.78, 5) is 14.4. The van der Waals surface area contributed by atoms with Crippen molar-refractivity contribution in [3.8, 4) is 5.75 Å². The molecule has 0 unspecified atom stereocenters. The highest BCUT2D eigenvalue weighted by atomic mass is 35.5. The predicted octanol–water partition coefficient (Wildman–Crippen LogP) is 6.25. The van der Waals surface area contributed by atoms with Crippen LogP contribution in [0.25, 0.3) is 12.2 Å². The normalized spacial score (nSPS) is 11.2. The number of carbonyl (C=O) groups is 1. The summed E-state index contributed by atoms with van der Waals surface area (Å²) >= 11 is 5.94. The van der Waals surface area contributed by atoms with Crippen molar-refractivity contribution in [1.82, 2.24) is 0 Å². The van der Waals surface area contributed by atoms with Crippen molar-refractivity contribution in [2.45, 2.75) is 0 Å². The second-order valence-electron chi connectivity index (χ2n) is 6.44. The Hall–Kier alpha value is -3.37. The van der Waals surface area contributed by atoms with Gasteiger partial charge in [-0.15, -0.1) is 0 Å². The summed E-state index contributed by atoms with van der Waals surface area (Å²) in [5, 5.41) is -0.0361. The van der Waals surface area contributed by atoms with Gasteiger partial charge < -0.3 is 9.64 Å². The molecular weight excluding hydrogens is 401 g/mol. The van der Waals surface area contributed by atoms with Crippen LogP contribution in [0.1, 0.15) is 11.1 Å². The molecule has 0 saturated carbocycles. The van der Waals surface area contributed by atoms with Crippen molar-refractivity contribution in [2.24, 2.45) is 0 Å². The molecule has 0 radical (unpaired) electrons. The van der Waals surface area contributed by atoms with Gasteiger partial charge in [0.2, 0.25) is 0 Å². The lowest BCUT2D eigenvalue weighted by atomic mass is 10.1. The molecule has 0 aromatic heterocycles. The summed E-state index contributed by atoms with van der Waals surface area (Å²) in [6.45, 7) is 0.276. The molecule has 3 nitrogen and oxygen atoms in total. The Balaban J connectivity index is 1.85. The number of nitrogens with zero attached hydrogens (tertiary/aromatic N) is 1. The van der Waals surface area contributed by atoms with E-state index in [1.165, 1.54) is 29.2 Å². The minimum Gasteiger partial charge on any atom is -0.496 e. The number of benzene rings is 3. The minimum atomic E-state index is -0.530. The zero-order chi connectivity index (χ0) is 21.3. The molecule has 152 valence electrons. The quantitative estimate of drug-likeness (QED) is 0.422. The molecule has 3 aromatic rings. The lowest BCUT2D eigenvalue weighted by molar-refractivity contribution is -0.114. The molecule has 0 N–H and O–H groups in total. The summed E-state index contributed by atoms with van der Waals surface area (Å²) < 4.78 is 19.0. The molecule has 0 aliphatic carbocycles. The monoisotopic (exact) mass is 421 g/mol. The molecule has 5 heteroatoms. The molecule has 0 fully saturated rings. The van der Waals surface area contributed by atoms with Crippen LogP contribution >= 0.6 is 11.6 Å². The van der Waals surface area contributed by atoms with E-state index in [1.54, 1.807) is 13.2 Å². The van der Waals surface area contributed by atoms with Crippen molar-refractivity contribution >= 4 is 35.3 Å². The van der Waals surface area contributed by atoms with Crippen molar-refractivity contribution in [1.29, 1.82) is 0 Å². The van der Waals surface area contributed by atoms with Gasteiger partial charge in [0.1, 0.15) is 11.6 Å². The van der Waals surface area contributed by atoms with Gasteiger partial charge in [0.05, 0.1) is 12.1 Å². The van der Waals surface area contributed by atoms with Gasteiger partial charge in [-0.05, 0) is 35.9 Å². The van der Waals surface area contributed by atoms with Crippen LogP contribution in [0.2, 0.25) is 5.02 Å². The summed E-state index contributed by atoms with van der Waals surface area (Å²) in [5.41, 5.74) is 2.31. The number of rotatable bonds is 7. The van der Waals surface area contributed by atoms with Crippen LogP contribution in [0, 0.1) is 5.82 Å². The third kappa shape index (κ3) is 5.58. The molecule has 0 saturated heterocycles. The smallest absolute Gasteiger partial charge is 0.251 e. The molecule has 0 aliphatic heterocycles. The number of hydrogen-bond donors (Lipinski definition) is 0. The number of carbonyl (C=O) groups excluding carboxylic acids is 1. The van der Waals surface area contributed by atoms with E-state index in [4.69, 9.17) is 16.3 Å². The third-order valence-electron chi connectivity index (χ3n) is 4.42. The maximum absolute atomic E-state index is 13.6. The zero-order valence-corrected chi connectivity index (χ0v) is 17.2. The highest BCUT2D eigenvalue weighted by Gasteiger charge is 2.14. The lowest BCUT2D eigenvalue weighted by Gasteiger charge is -2.20. The van der Waals surface area contributed by atoms with E-state index in [0.29, 0.717) is 5.69 Å². The van der Waals surface area contributed by atoms with E-state index in [0.717, 1.165) is 16.9 Å². The molecule has 0 bridgehead atoms. The van der Waals surface area contributed by atoms with Gasteiger partial charge in [0, 0.05) is 23.9 Å². The van der Waals surface area contributed by atoms with E-state index >= 15 is 0 Å². The Morgan fingerprint density at radius 1 is 1.03 bits per heavy atom. The van der Waals surface area contributed by atoms with Crippen LogP contribution < -0.4 is 9.64 Å². The van der Waals surface area contributed by atoms with Gasteiger partial charge in [-0.2, -0.15) is 0 Å². The molecule has 0 aliphatic rings. The number of para-hydroxylation sites is 1. The molecule has 3 rings (SSSR count). The maximum Gasteiger partial charge on any atom is 0.251 e. The minimum absolute atomic E-state index is 0.0361. The van der Waals surface area contributed by atoms with Crippen LogP contribution in [-0.2, 0) is 4.79 Å². The van der Waals surface area contributed by atoms with E-state index in [9.17, 15) is 9.18 Å². The predicted molar refractivity (Wildman–Crippen MR) is 121 cm³/mol. The van der Waals surface area contributed by atoms with E-state index in [2.05, 4.69) is 0 Å². The van der Waals surface area contributed by atoms with Crippen molar-refractivity contribution in [3.63, 3.8) is 0 Å². The zero-order valence-electron chi connectivity index (χ0n) is 16.5. The number of methoxy groups -OCH3 is 1. The Morgan fingerprint density at radius 3 is 2.50 bits per heavy atom. The molecule has 0 spiro atoms. The average molecular weight is 422 g/mol. The standard InChI is InChI=1S/C25H21ClFNO2/c1-30-24-12-6-5-10-20(24)11-7-17-28(21-14-15-23(27)22(26)18-21)25(29)16-13-19-8-3-2-4-9-19/h2-16,18H,17H2,1H3/b11-7+,16-13+. The first-order valence-corrected chi connectivity index (χ1v) is 9.75. The fourth-order valence-electron chi connectivity index (χ4n) is 2.89. The summed E-state index contributed by atoms with van der Waals surface area (Å²) in [6.07, 6.45) is 6.96. The van der Waals surface area contributed by atoms with E-state index < -0.39 is 5.82 Å². The molecule has 1 amide bonds. The summed E-state index contributed by atoms with van der Waals surface area (Å²) in [5.74, 6) is -0.0381. The second-order valence-corrected chi connectivity index (χ2v) is 6.84. The van der Waals surface area contributed by atoms with E-state index in [-0.39, 0.29) is 17.5 Å². The van der Waals surface area contributed by atoms with Crippen molar-refractivity contribution in [2.75, 3.05) is 18.6 Å². The SMILES string of the molecule is COc1ccccc1/C=C/CN(C(=O)/C=C/c1ccccc1)c1ccc(F)c(Cl)c1. The fraction of sp³-hybridized carbons (Fsp3) is 0.0800. The Labute approximate surface area is 180 Å². The number of anilines is 1. The number of ether oxygens (including phenoxy) is 1. The van der Waals surface area contributed by atoms with Gasteiger partial charge >= 0.3 is 0 Å². The van der Waals surface area contributed by atoms with Crippen LogP contribution in [0.3, 0.4) is 0 Å². The molecule has 0 heterocycles. The molecule has 3 aromatic carbocycles. The molecular formula is C25H21ClFNO2.